The van der Waals surface area contributed by atoms with Crippen LogP contribution in [0.15, 0.2) is 59.8 Å². The number of carbonyl (C=O) groups is 3. The Labute approximate surface area is 173 Å². The van der Waals surface area contributed by atoms with Gasteiger partial charge in [-0.2, -0.15) is 0 Å². The van der Waals surface area contributed by atoms with E-state index in [1.807, 2.05) is 42.5 Å². The molecule has 1 atom stereocenters. The molecule has 2 aromatic rings. The van der Waals surface area contributed by atoms with Gasteiger partial charge in [0, 0.05) is 18.9 Å². The highest BCUT2D eigenvalue weighted by Crippen LogP contribution is 2.34. The molecule has 1 unspecified atom stereocenters. The van der Waals surface area contributed by atoms with Gasteiger partial charge in [0.2, 0.25) is 5.91 Å². The summed E-state index contributed by atoms with van der Waals surface area (Å²) in [7, 11) is 0. The highest BCUT2D eigenvalue weighted by Gasteiger charge is 2.38. The highest BCUT2D eigenvalue weighted by atomic mass is 32.2. The van der Waals surface area contributed by atoms with Crippen LogP contribution in [0.3, 0.4) is 0 Å². The van der Waals surface area contributed by atoms with Crippen LogP contribution >= 0.6 is 11.8 Å². The van der Waals surface area contributed by atoms with E-state index in [0.717, 1.165) is 47.1 Å². The van der Waals surface area contributed by atoms with Crippen molar-refractivity contribution in [1.29, 1.82) is 0 Å². The molecule has 1 aromatic heterocycles. The largest absolute Gasteiger partial charge is 0.334 e. The van der Waals surface area contributed by atoms with E-state index in [-0.39, 0.29) is 18.5 Å². The molecule has 0 spiro atoms. The summed E-state index contributed by atoms with van der Waals surface area (Å²) in [6.45, 7) is 0.391. The number of imide groups is 1. The molecule has 1 aromatic carbocycles. The van der Waals surface area contributed by atoms with E-state index in [0.29, 0.717) is 11.4 Å². The Morgan fingerprint density at radius 2 is 1.97 bits per heavy atom. The molecule has 4 rings (SSSR count). The third-order valence-corrected chi connectivity index (χ3v) is 6.06. The van der Waals surface area contributed by atoms with E-state index in [1.54, 1.807) is 23.4 Å². The lowest BCUT2D eigenvalue weighted by atomic mass is 9.96. The fourth-order valence-electron chi connectivity index (χ4n) is 3.71. The quantitative estimate of drug-likeness (QED) is 0.720. The van der Waals surface area contributed by atoms with Crippen LogP contribution in [-0.2, 0) is 9.59 Å². The molecule has 2 aliphatic rings. The van der Waals surface area contributed by atoms with Gasteiger partial charge in [-0.3, -0.25) is 24.3 Å². The third-order valence-electron chi connectivity index (χ3n) is 5.16. The topological polar surface area (TPSA) is 70.6 Å². The van der Waals surface area contributed by atoms with Crippen LogP contribution in [0.4, 0.5) is 4.79 Å². The molecule has 0 bridgehead atoms. The molecule has 148 valence electrons. The minimum atomic E-state index is -0.410. The molecular formula is C22H21N3O3S. The summed E-state index contributed by atoms with van der Waals surface area (Å²) in [5.74, 6) is -0.617. The Kier molecular flexibility index (Phi) is 5.76. The first-order valence-corrected chi connectivity index (χ1v) is 10.4. The summed E-state index contributed by atoms with van der Waals surface area (Å²) in [5, 5.41) is -0.402. The predicted octanol–water partition coefficient (Wildman–Crippen LogP) is 3.87. The van der Waals surface area contributed by atoms with E-state index < -0.39 is 11.1 Å². The number of hydrogen-bond donors (Lipinski definition) is 0. The molecule has 0 radical (unpaired) electrons. The Morgan fingerprint density at radius 3 is 2.72 bits per heavy atom. The maximum absolute atomic E-state index is 13.0. The lowest BCUT2D eigenvalue weighted by molar-refractivity contribution is -0.138. The molecule has 7 heteroatoms. The first-order valence-electron chi connectivity index (χ1n) is 9.63. The number of aromatic nitrogens is 1. The van der Waals surface area contributed by atoms with Crippen LogP contribution in [-0.4, -0.2) is 44.9 Å². The molecular weight excluding hydrogens is 386 g/mol. The van der Waals surface area contributed by atoms with Gasteiger partial charge in [0.25, 0.3) is 11.1 Å². The van der Waals surface area contributed by atoms with Crippen LogP contribution in [0.2, 0.25) is 0 Å². The van der Waals surface area contributed by atoms with Gasteiger partial charge in [-0.15, -0.1) is 0 Å². The molecule has 0 saturated carbocycles. The molecule has 3 heterocycles. The van der Waals surface area contributed by atoms with E-state index in [2.05, 4.69) is 4.98 Å². The number of nitrogens with zero attached hydrogens (tertiary/aromatic N) is 3. The summed E-state index contributed by atoms with van der Waals surface area (Å²) < 4.78 is 0. The van der Waals surface area contributed by atoms with Crippen molar-refractivity contribution in [2.75, 3.05) is 13.1 Å². The summed E-state index contributed by atoms with van der Waals surface area (Å²) in [5.41, 5.74) is 1.83. The lowest BCUT2D eigenvalue weighted by Gasteiger charge is -2.36. The second-order valence-corrected chi connectivity index (χ2v) is 8.06. The Bertz CT molecular complexity index is 946. The van der Waals surface area contributed by atoms with Crippen molar-refractivity contribution in [2.24, 2.45) is 0 Å². The number of amides is 3. The molecule has 2 fully saturated rings. The molecule has 6 nitrogen and oxygen atoms in total. The van der Waals surface area contributed by atoms with Gasteiger partial charge in [0.15, 0.2) is 0 Å². The first kappa shape index (κ1) is 19.4. The number of likely N-dealkylation sites (tertiary alicyclic amines) is 1. The second kappa shape index (κ2) is 8.61. The maximum atomic E-state index is 13.0. The summed E-state index contributed by atoms with van der Waals surface area (Å²) in [4.78, 5) is 45.5. The zero-order chi connectivity index (χ0) is 20.2. The van der Waals surface area contributed by atoms with E-state index in [4.69, 9.17) is 0 Å². The second-order valence-electron chi connectivity index (χ2n) is 7.06. The number of carbonyl (C=O) groups excluding carboxylic acids is 3. The number of hydrogen-bond acceptors (Lipinski definition) is 5. The summed E-state index contributed by atoms with van der Waals surface area (Å²) in [6.07, 6.45) is 7.97. The normalized spacial score (nSPS) is 21.1. The van der Waals surface area contributed by atoms with Crippen molar-refractivity contribution >= 4 is 34.9 Å². The van der Waals surface area contributed by atoms with Crippen LogP contribution in [0.5, 0.6) is 0 Å². The molecule has 2 saturated heterocycles. The van der Waals surface area contributed by atoms with Gasteiger partial charge in [0.1, 0.15) is 6.54 Å². The average Bonchev–Trinajstić information content (AvgIpc) is 3.02. The van der Waals surface area contributed by atoms with Crippen molar-refractivity contribution in [3.8, 4) is 0 Å². The van der Waals surface area contributed by atoms with Gasteiger partial charge < -0.3 is 4.90 Å². The van der Waals surface area contributed by atoms with Crippen LogP contribution < -0.4 is 0 Å². The fraction of sp³-hybridized carbons (Fsp3) is 0.273. The Morgan fingerprint density at radius 1 is 1.14 bits per heavy atom. The molecule has 0 N–H and O–H groups in total. The van der Waals surface area contributed by atoms with Gasteiger partial charge in [0.05, 0.1) is 10.9 Å². The van der Waals surface area contributed by atoms with Gasteiger partial charge in [-0.05, 0) is 54.3 Å². The first-order chi connectivity index (χ1) is 14.1. The maximum Gasteiger partial charge on any atom is 0.294 e. The van der Waals surface area contributed by atoms with Gasteiger partial charge >= 0.3 is 0 Å². The van der Waals surface area contributed by atoms with Crippen molar-refractivity contribution in [1.82, 2.24) is 14.8 Å². The number of pyridine rings is 1. The lowest BCUT2D eigenvalue weighted by Crippen LogP contribution is -2.45. The highest BCUT2D eigenvalue weighted by molar-refractivity contribution is 8.18. The van der Waals surface area contributed by atoms with Crippen molar-refractivity contribution < 1.29 is 14.4 Å². The molecule has 3 amide bonds. The molecule has 29 heavy (non-hydrogen) atoms. The monoisotopic (exact) mass is 407 g/mol. The number of piperidine rings is 1. The van der Waals surface area contributed by atoms with Crippen molar-refractivity contribution in [3.05, 3.63) is 70.9 Å². The summed E-state index contributed by atoms with van der Waals surface area (Å²) >= 11 is 0.880. The van der Waals surface area contributed by atoms with E-state index >= 15 is 0 Å². The smallest absolute Gasteiger partial charge is 0.294 e. The van der Waals surface area contributed by atoms with Crippen LogP contribution in [0.25, 0.3) is 6.08 Å². The van der Waals surface area contributed by atoms with E-state index in [9.17, 15) is 14.4 Å². The average molecular weight is 407 g/mol. The Hall–Kier alpha value is -2.93. The van der Waals surface area contributed by atoms with Crippen LogP contribution in [0, 0.1) is 0 Å². The van der Waals surface area contributed by atoms with Gasteiger partial charge in [-0.1, -0.05) is 36.4 Å². The van der Waals surface area contributed by atoms with E-state index in [1.165, 1.54) is 0 Å². The Balaban J connectivity index is 1.49. The SMILES string of the molecule is O=C1S/C(=C\c2ccccc2)C(=O)N1CC(=O)N1CCCCC1c1cccnc1. The number of rotatable bonds is 4. The van der Waals surface area contributed by atoms with Gasteiger partial charge in [-0.25, -0.2) is 0 Å². The standard InChI is InChI=1S/C22H21N3O3S/c26-20(24-12-5-4-10-18(24)17-9-6-11-23-14-17)15-25-21(27)19(29-22(25)28)13-16-7-2-1-3-8-16/h1-3,6-9,11,13-14,18H,4-5,10,12,15H2/b19-13-. The number of thioether (sulfide) groups is 1. The third kappa shape index (κ3) is 4.24. The fourth-order valence-corrected chi connectivity index (χ4v) is 4.55. The number of benzene rings is 1. The van der Waals surface area contributed by atoms with Crippen molar-refractivity contribution in [2.45, 2.75) is 25.3 Å². The minimum absolute atomic E-state index is 0.0651. The van der Waals surface area contributed by atoms with Crippen LogP contribution in [0.1, 0.15) is 36.4 Å². The zero-order valence-electron chi connectivity index (χ0n) is 15.9. The minimum Gasteiger partial charge on any atom is -0.334 e. The zero-order valence-corrected chi connectivity index (χ0v) is 16.7. The van der Waals surface area contributed by atoms with Crippen molar-refractivity contribution in [3.63, 3.8) is 0 Å². The predicted molar refractivity (Wildman–Crippen MR) is 112 cm³/mol. The molecule has 2 aliphatic heterocycles. The summed E-state index contributed by atoms with van der Waals surface area (Å²) in [6, 6.07) is 13.1. The molecule has 0 aliphatic carbocycles.